The molecule has 3 rings (SSSR count). The predicted octanol–water partition coefficient (Wildman–Crippen LogP) is 3.40. The van der Waals surface area contributed by atoms with Crippen LogP contribution in [0, 0.1) is 16.0 Å². The van der Waals surface area contributed by atoms with E-state index in [9.17, 15) is 10.1 Å². The van der Waals surface area contributed by atoms with Crippen LogP contribution in [-0.4, -0.2) is 36.2 Å². The number of ether oxygens (including phenoxy) is 1. The number of aromatic nitrogens is 1. The van der Waals surface area contributed by atoms with Gasteiger partial charge in [0, 0.05) is 49.2 Å². The molecule has 23 heavy (non-hydrogen) atoms. The van der Waals surface area contributed by atoms with Gasteiger partial charge in [-0.3, -0.25) is 15.1 Å². The lowest BCUT2D eigenvalue weighted by molar-refractivity contribution is -0.383. The highest BCUT2D eigenvalue weighted by molar-refractivity contribution is 5.99. The molecule has 1 aliphatic heterocycles. The van der Waals surface area contributed by atoms with Gasteiger partial charge in [0.15, 0.2) is 0 Å². The van der Waals surface area contributed by atoms with Crippen molar-refractivity contribution in [2.75, 3.05) is 31.2 Å². The Morgan fingerprint density at radius 3 is 3.04 bits per heavy atom. The third-order valence-corrected chi connectivity index (χ3v) is 4.39. The van der Waals surface area contributed by atoms with Crippen LogP contribution in [0.1, 0.15) is 19.8 Å². The average molecular weight is 315 g/mol. The molecule has 1 fully saturated rings. The Bertz CT molecular complexity index is 705. The van der Waals surface area contributed by atoms with Crippen LogP contribution >= 0.6 is 0 Å². The zero-order valence-electron chi connectivity index (χ0n) is 13.3. The highest BCUT2D eigenvalue weighted by Gasteiger charge is 2.23. The van der Waals surface area contributed by atoms with Crippen LogP contribution in [-0.2, 0) is 4.74 Å². The second-order valence-corrected chi connectivity index (χ2v) is 5.90. The van der Waals surface area contributed by atoms with E-state index in [1.807, 2.05) is 19.1 Å². The summed E-state index contributed by atoms with van der Waals surface area (Å²) in [6.07, 6.45) is 5.56. The molecule has 0 N–H and O–H groups in total. The molecule has 1 atom stereocenters. The van der Waals surface area contributed by atoms with Crippen LogP contribution < -0.4 is 4.90 Å². The van der Waals surface area contributed by atoms with Gasteiger partial charge in [0.05, 0.1) is 16.9 Å². The second-order valence-electron chi connectivity index (χ2n) is 5.90. The summed E-state index contributed by atoms with van der Waals surface area (Å²) in [7, 11) is 0. The average Bonchev–Trinajstić information content (AvgIpc) is 2.59. The minimum absolute atomic E-state index is 0.111. The van der Waals surface area contributed by atoms with Gasteiger partial charge in [0.2, 0.25) is 0 Å². The largest absolute Gasteiger partial charge is 0.381 e. The summed E-state index contributed by atoms with van der Waals surface area (Å²) in [4.78, 5) is 17.2. The van der Waals surface area contributed by atoms with E-state index in [0.29, 0.717) is 11.3 Å². The third-order valence-electron chi connectivity index (χ3n) is 4.39. The molecule has 0 amide bonds. The van der Waals surface area contributed by atoms with Crippen molar-refractivity contribution in [2.45, 2.75) is 19.8 Å². The third kappa shape index (κ3) is 3.27. The van der Waals surface area contributed by atoms with Crippen molar-refractivity contribution >= 4 is 22.1 Å². The van der Waals surface area contributed by atoms with Crippen molar-refractivity contribution in [3.63, 3.8) is 0 Å². The van der Waals surface area contributed by atoms with Gasteiger partial charge in [-0.1, -0.05) is 0 Å². The molecule has 122 valence electrons. The number of fused-ring (bicyclic) bond motifs is 1. The van der Waals surface area contributed by atoms with Gasteiger partial charge in [-0.15, -0.1) is 0 Å². The minimum atomic E-state index is -0.345. The summed E-state index contributed by atoms with van der Waals surface area (Å²) in [6.45, 7) is 5.42. The first-order valence-corrected chi connectivity index (χ1v) is 8.04. The van der Waals surface area contributed by atoms with Crippen LogP contribution in [0.3, 0.4) is 0 Å². The Kier molecular flexibility index (Phi) is 4.71. The molecule has 1 saturated heterocycles. The summed E-state index contributed by atoms with van der Waals surface area (Å²) in [6, 6.07) is 5.32. The maximum absolute atomic E-state index is 11.2. The summed E-state index contributed by atoms with van der Waals surface area (Å²) in [5.41, 5.74) is 1.16. The Balaban J connectivity index is 1.93. The lowest BCUT2D eigenvalue weighted by atomic mass is 9.97. The molecule has 1 aromatic heterocycles. The topological polar surface area (TPSA) is 68.5 Å². The van der Waals surface area contributed by atoms with Crippen LogP contribution in [0.25, 0.3) is 10.8 Å². The number of rotatable bonds is 5. The molecular formula is C17H21N3O3. The highest BCUT2D eigenvalue weighted by atomic mass is 16.6. The standard InChI is InChI=1S/C17H21N3O3/c1-2-23-12-13-4-3-9-19(11-13)16-5-6-17(20(21)22)15-10-18-8-7-14(15)16/h5-8,10,13H,2-4,9,11-12H2,1H3. The van der Waals surface area contributed by atoms with E-state index in [1.165, 1.54) is 6.42 Å². The molecular weight excluding hydrogens is 294 g/mol. The zero-order chi connectivity index (χ0) is 16.2. The number of nitro benzene ring substituents is 1. The normalized spacial score (nSPS) is 18.3. The molecule has 0 spiro atoms. The first-order valence-electron chi connectivity index (χ1n) is 8.04. The number of hydrogen-bond donors (Lipinski definition) is 0. The minimum Gasteiger partial charge on any atom is -0.381 e. The Hall–Kier alpha value is -2.21. The van der Waals surface area contributed by atoms with Crippen LogP contribution in [0.2, 0.25) is 0 Å². The van der Waals surface area contributed by atoms with Gasteiger partial charge < -0.3 is 9.64 Å². The molecule has 1 unspecified atom stereocenters. The zero-order valence-corrected chi connectivity index (χ0v) is 13.3. The van der Waals surface area contributed by atoms with Crippen molar-refractivity contribution in [1.29, 1.82) is 0 Å². The number of anilines is 1. The fourth-order valence-corrected chi connectivity index (χ4v) is 3.30. The van der Waals surface area contributed by atoms with E-state index < -0.39 is 0 Å². The Morgan fingerprint density at radius 2 is 2.26 bits per heavy atom. The number of non-ortho nitro benzene ring substituents is 1. The summed E-state index contributed by atoms with van der Waals surface area (Å²) in [5, 5.41) is 12.7. The highest BCUT2D eigenvalue weighted by Crippen LogP contribution is 2.34. The van der Waals surface area contributed by atoms with Gasteiger partial charge in [-0.2, -0.15) is 0 Å². The number of hydrogen-bond acceptors (Lipinski definition) is 5. The second kappa shape index (κ2) is 6.91. The molecule has 2 aromatic rings. The monoisotopic (exact) mass is 315 g/mol. The molecule has 0 aliphatic carbocycles. The Labute approximate surface area is 135 Å². The van der Waals surface area contributed by atoms with Crippen molar-refractivity contribution < 1.29 is 9.66 Å². The van der Waals surface area contributed by atoms with Crippen LogP contribution in [0.15, 0.2) is 30.6 Å². The van der Waals surface area contributed by atoms with Crippen LogP contribution in [0.5, 0.6) is 0 Å². The first-order chi connectivity index (χ1) is 11.2. The number of benzene rings is 1. The fraction of sp³-hybridized carbons (Fsp3) is 0.471. The molecule has 0 radical (unpaired) electrons. The Morgan fingerprint density at radius 1 is 1.39 bits per heavy atom. The van der Waals surface area contributed by atoms with Gasteiger partial charge in [0.1, 0.15) is 0 Å². The van der Waals surface area contributed by atoms with Crippen molar-refractivity contribution in [1.82, 2.24) is 4.98 Å². The molecule has 0 bridgehead atoms. The molecule has 6 heteroatoms. The lowest BCUT2D eigenvalue weighted by Crippen LogP contribution is -2.37. The van der Waals surface area contributed by atoms with Crippen molar-refractivity contribution in [2.24, 2.45) is 5.92 Å². The van der Waals surface area contributed by atoms with E-state index >= 15 is 0 Å². The summed E-state index contributed by atoms with van der Waals surface area (Å²) < 4.78 is 5.57. The SMILES string of the molecule is CCOCC1CCCN(c2ccc([N+](=O)[O-])c3cnccc23)C1. The molecule has 2 heterocycles. The van der Waals surface area contributed by atoms with Gasteiger partial charge in [-0.25, -0.2) is 0 Å². The van der Waals surface area contributed by atoms with Gasteiger partial charge >= 0.3 is 0 Å². The number of nitrogens with zero attached hydrogens (tertiary/aromatic N) is 3. The first kappa shape index (κ1) is 15.7. The smallest absolute Gasteiger partial charge is 0.278 e. The fourth-order valence-electron chi connectivity index (χ4n) is 3.30. The maximum atomic E-state index is 11.2. The van der Waals surface area contributed by atoms with E-state index in [1.54, 1.807) is 18.5 Å². The number of pyridine rings is 1. The maximum Gasteiger partial charge on any atom is 0.278 e. The predicted molar refractivity (Wildman–Crippen MR) is 89.8 cm³/mol. The molecule has 1 aliphatic rings. The van der Waals surface area contributed by atoms with Crippen LogP contribution in [0.4, 0.5) is 11.4 Å². The van der Waals surface area contributed by atoms with E-state index in [0.717, 1.165) is 43.8 Å². The van der Waals surface area contributed by atoms with Gasteiger partial charge in [0.25, 0.3) is 5.69 Å². The van der Waals surface area contributed by atoms with Crippen molar-refractivity contribution in [3.05, 3.63) is 40.7 Å². The van der Waals surface area contributed by atoms with E-state index in [2.05, 4.69) is 9.88 Å². The van der Waals surface area contributed by atoms with E-state index in [4.69, 9.17) is 4.74 Å². The molecule has 0 saturated carbocycles. The lowest BCUT2D eigenvalue weighted by Gasteiger charge is -2.35. The summed E-state index contributed by atoms with van der Waals surface area (Å²) >= 11 is 0. The quantitative estimate of drug-likeness (QED) is 0.625. The number of piperidine rings is 1. The van der Waals surface area contributed by atoms with E-state index in [-0.39, 0.29) is 10.6 Å². The summed E-state index contributed by atoms with van der Waals surface area (Å²) in [5.74, 6) is 0.510. The van der Waals surface area contributed by atoms with Crippen molar-refractivity contribution in [3.8, 4) is 0 Å². The van der Waals surface area contributed by atoms with Gasteiger partial charge in [-0.05, 0) is 37.8 Å². The molecule has 6 nitrogen and oxygen atoms in total. The molecule has 1 aromatic carbocycles. The number of nitro groups is 1.